The van der Waals surface area contributed by atoms with Crippen LogP contribution in [-0.4, -0.2) is 35.7 Å². The van der Waals surface area contributed by atoms with Gasteiger partial charge in [-0.1, -0.05) is 44.2 Å². The van der Waals surface area contributed by atoms with Crippen LogP contribution >= 0.6 is 0 Å². The van der Waals surface area contributed by atoms with Gasteiger partial charge in [0, 0.05) is 25.1 Å². The summed E-state index contributed by atoms with van der Waals surface area (Å²) < 4.78 is 12.1. The second kappa shape index (κ2) is 10.5. The van der Waals surface area contributed by atoms with Crippen LogP contribution in [0.5, 0.6) is 11.5 Å². The van der Waals surface area contributed by atoms with E-state index < -0.39 is 0 Å². The normalized spacial score (nSPS) is 12.4. The zero-order chi connectivity index (χ0) is 24.0. The molecule has 1 N–H and O–H groups in total. The van der Waals surface area contributed by atoms with E-state index in [1.807, 2.05) is 25.1 Å². The van der Waals surface area contributed by atoms with E-state index in [2.05, 4.69) is 36.3 Å². The van der Waals surface area contributed by atoms with Gasteiger partial charge in [0.1, 0.15) is 0 Å². The van der Waals surface area contributed by atoms with E-state index in [0.717, 1.165) is 6.42 Å². The number of nitrogens with zero attached hydrogens (tertiary/aromatic N) is 2. The summed E-state index contributed by atoms with van der Waals surface area (Å²) in [6.45, 7) is 6.82. The predicted octanol–water partition coefficient (Wildman–Crippen LogP) is 4.07. The molecule has 0 aliphatic carbocycles. The highest BCUT2D eigenvalue weighted by Gasteiger charge is 2.24. The Kier molecular flexibility index (Phi) is 7.74. The minimum Gasteiger partial charge on any atom is -0.493 e. The summed E-state index contributed by atoms with van der Waals surface area (Å²) in [6, 6.07) is 13.7. The standard InChI is InChI=1S/C26H33N3O4/c1-18(16-26(2,3)19-10-7-6-8-11-19)28-24(30)12-9-13-29-17-27-21-15-23(33-5)22(32-4)14-20(21)25(29)31/h6-8,10-11,14-15,17-18H,9,12-13,16H2,1-5H3,(H,28,30). The molecule has 0 saturated heterocycles. The van der Waals surface area contributed by atoms with Gasteiger partial charge in [0.05, 0.1) is 31.4 Å². The summed E-state index contributed by atoms with van der Waals surface area (Å²) in [4.78, 5) is 29.7. The summed E-state index contributed by atoms with van der Waals surface area (Å²) in [5, 5.41) is 3.55. The van der Waals surface area contributed by atoms with Gasteiger partial charge in [0.15, 0.2) is 11.5 Å². The molecule has 3 aromatic rings. The molecule has 0 radical (unpaired) electrons. The van der Waals surface area contributed by atoms with E-state index in [1.54, 1.807) is 19.2 Å². The Morgan fingerprint density at radius 1 is 1.12 bits per heavy atom. The van der Waals surface area contributed by atoms with Crippen LogP contribution in [0.2, 0.25) is 0 Å². The van der Waals surface area contributed by atoms with Crippen molar-refractivity contribution in [3.05, 3.63) is 64.7 Å². The number of aryl methyl sites for hydroxylation is 1. The molecule has 0 aliphatic heterocycles. The van der Waals surface area contributed by atoms with Crippen molar-refractivity contribution >= 4 is 16.8 Å². The molecule has 1 atom stereocenters. The number of fused-ring (bicyclic) bond motifs is 1. The Morgan fingerprint density at radius 3 is 2.45 bits per heavy atom. The molecule has 0 aliphatic rings. The van der Waals surface area contributed by atoms with Crippen LogP contribution in [0.25, 0.3) is 10.9 Å². The first-order valence-corrected chi connectivity index (χ1v) is 11.2. The van der Waals surface area contributed by atoms with Gasteiger partial charge in [-0.3, -0.25) is 14.2 Å². The number of ether oxygens (including phenoxy) is 2. The van der Waals surface area contributed by atoms with Gasteiger partial charge in [-0.2, -0.15) is 0 Å². The molecule has 1 heterocycles. The average Bonchev–Trinajstić information content (AvgIpc) is 2.80. The molecule has 0 fully saturated rings. The third kappa shape index (κ3) is 5.92. The Balaban J connectivity index is 1.57. The topological polar surface area (TPSA) is 82.5 Å². The van der Waals surface area contributed by atoms with Crippen LogP contribution in [0.15, 0.2) is 53.6 Å². The quantitative estimate of drug-likeness (QED) is 0.503. The number of benzene rings is 2. The highest BCUT2D eigenvalue weighted by molar-refractivity contribution is 5.81. The van der Waals surface area contributed by atoms with Crippen LogP contribution in [0.4, 0.5) is 0 Å². The molecule has 7 nitrogen and oxygen atoms in total. The smallest absolute Gasteiger partial charge is 0.261 e. The largest absolute Gasteiger partial charge is 0.493 e. The fourth-order valence-corrected chi connectivity index (χ4v) is 4.23. The maximum Gasteiger partial charge on any atom is 0.261 e. The minimum atomic E-state index is -0.167. The highest BCUT2D eigenvalue weighted by Crippen LogP contribution is 2.30. The predicted molar refractivity (Wildman–Crippen MR) is 130 cm³/mol. The maximum atomic E-state index is 12.9. The molecule has 3 rings (SSSR count). The molecule has 2 aromatic carbocycles. The molecule has 7 heteroatoms. The number of rotatable bonds is 10. The van der Waals surface area contributed by atoms with E-state index in [9.17, 15) is 9.59 Å². The maximum absolute atomic E-state index is 12.9. The van der Waals surface area contributed by atoms with Crippen LogP contribution in [-0.2, 0) is 16.8 Å². The highest BCUT2D eigenvalue weighted by atomic mass is 16.5. The zero-order valence-electron chi connectivity index (χ0n) is 20.1. The number of nitrogens with one attached hydrogen (secondary N) is 1. The van der Waals surface area contributed by atoms with Crippen LogP contribution in [0, 0.1) is 0 Å². The third-order valence-electron chi connectivity index (χ3n) is 5.91. The number of hydrogen-bond donors (Lipinski definition) is 1. The van der Waals surface area contributed by atoms with Gasteiger partial charge in [-0.15, -0.1) is 0 Å². The summed E-state index contributed by atoms with van der Waals surface area (Å²) >= 11 is 0. The van der Waals surface area contributed by atoms with Crippen molar-refractivity contribution < 1.29 is 14.3 Å². The molecule has 176 valence electrons. The number of methoxy groups -OCH3 is 2. The molecule has 0 bridgehead atoms. The van der Waals surface area contributed by atoms with Crippen molar-refractivity contribution in [1.29, 1.82) is 0 Å². The van der Waals surface area contributed by atoms with E-state index in [4.69, 9.17) is 9.47 Å². The van der Waals surface area contributed by atoms with E-state index >= 15 is 0 Å². The number of hydrogen-bond acceptors (Lipinski definition) is 5. The van der Waals surface area contributed by atoms with Gasteiger partial charge in [-0.25, -0.2) is 4.98 Å². The van der Waals surface area contributed by atoms with E-state index in [1.165, 1.54) is 23.6 Å². The van der Waals surface area contributed by atoms with Gasteiger partial charge in [0.2, 0.25) is 5.91 Å². The Morgan fingerprint density at radius 2 is 1.79 bits per heavy atom. The molecular weight excluding hydrogens is 418 g/mol. The van der Waals surface area contributed by atoms with E-state index in [0.29, 0.717) is 41.8 Å². The second-order valence-electron chi connectivity index (χ2n) is 8.99. The first kappa shape index (κ1) is 24.3. The Hall–Kier alpha value is -3.35. The third-order valence-corrected chi connectivity index (χ3v) is 5.91. The van der Waals surface area contributed by atoms with Crippen molar-refractivity contribution in [1.82, 2.24) is 14.9 Å². The summed E-state index contributed by atoms with van der Waals surface area (Å²) in [5.41, 5.74) is 1.59. The molecular formula is C26H33N3O4. The van der Waals surface area contributed by atoms with Crippen molar-refractivity contribution in [3.63, 3.8) is 0 Å². The molecule has 33 heavy (non-hydrogen) atoms. The molecule has 0 saturated carbocycles. The number of carbonyl (C=O) groups excluding carboxylic acids is 1. The lowest BCUT2D eigenvalue weighted by Gasteiger charge is -2.29. The Labute approximate surface area is 194 Å². The summed E-state index contributed by atoms with van der Waals surface area (Å²) in [5.74, 6) is 0.990. The van der Waals surface area contributed by atoms with Crippen molar-refractivity contribution in [3.8, 4) is 11.5 Å². The Bertz CT molecular complexity index is 1160. The lowest BCUT2D eigenvalue weighted by Crippen LogP contribution is -2.37. The number of aromatic nitrogens is 2. The fraction of sp³-hybridized carbons (Fsp3) is 0.423. The lowest BCUT2D eigenvalue weighted by molar-refractivity contribution is -0.121. The first-order chi connectivity index (χ1) is 15.7. The molecule has 1 aromatic heterocycles. The number of carbonyl (C=O) groups is 1. The van der Waals surface area contributed by atoms with Gasteiger partial charge < -0.3 is 14.8 Å². The molecule has 1 unspecified atom stereocenters. The minimum absolute atomic E-state index is 0.0143. The van der Waals surface area contributed by atoms with Crippen LogP contribution < -0.4 is 20.3 Å². The second-order valence-corrected chi connectivity index (χ2v) is 8.99. The fourth-order valence-electron chi connectivity index (χ4n) is 4.23. The summed E-state index contributed by atoms with van der Waals surface area (Å²) in [6.07, 6.45) is 3.23. The van der Waals surface area contributed by atoms with Crippen LogP contribution in [0.3, 0.4) is 0 Å². The van der Waals surface area contributed by atoms with Crippen molar-refractivity contribution in [2.45, 2.75) is 58.0 Å². The SMILES string of the molecule is COc1cc2ncn(CCCC(=O)NC(C)CC(C)(C)c3ccccc3)c(=O)c2cc1OC. The first-order valence-electron chi connectivity index (χ1n) is 11.2. The van der Waals surface area contributed by atoms with Crippen molar-refractivity contribution in [2.75, 3.05) is 14.2 Å². The number of amides is 1. The monoisotopic (exact) mass is 451 g/mol. The van der Waals surface area contributed by atoms with Gasteiger partial charge in [-0.05, 0) is 36.8 Å². The average molecular weight is 452 g/mol. The van der Waals surface area contributed by atoms with E-state index in [-0.39, 0.29) is 22.9 Å². The van der Waals surface area contributed by atoms with Crippen LogP contribution in [0.1, 0.15) is 45.6 Å². The van der Waals surface area contributed by atoms with Gasteiger partial charge >= 0.3 is 0 Å². The molecule has 1 amide bonds. The molecule has 0 spiro atoms. The lowest BCUT2D eigenvalue weighted by atomic mass is 9.79. The zero-order valence-corrected chi connectivity index (χ0v) is 20.1. The van der Waals surface area contributed by atoms with Crippen molar-refractivity contribution in [2.24, 2.45) is 0 Å². The van der Waals surface area contributed by atoms with Gasteiger partial charge in [0.25, 0.3) is 5.56 Å². The summed E-state index contributed by atoms with van der Waals surface area (Å²) in [7, 11) is 3.07.